The largest absolute Gasteiger partial charge is 0.493 e. The number of cyclic esters (lactones) is 1. The second-order valence-corrected chi connectivity index (χ2v) is 19.9. The number of amides is 1. The summed E-state index contributed by atoms with van der Waals surface area (Å²) in [7, 11) is 0.540. The van der Waals surface area contributed by atoms with Crippen LogP contribution < -0.4 is 14.8 Å². The van der Waals surface area contributed by atoms with Crippen LogP contribution >= 0.6 is 7.26 Å². The summed E-state index contributed by atoms with van der Waals surface area (Å²) in [6, 6.07) is 7.34. The molecule has 1 amide bonds. The second-order valence-electron chi connectivity index (χ2n) is 14.9. The molecule has 1 aliphatic rings. The van der Waals surface area contributed by atoms with E-state index in [-0.39, 0.29) is 6.10 Å². The minimum absolute atomic E-state index is 0.239. The maximum Gasteiger partial charge on any atom is 0.407 e. The standard InChI is InChI=1S/C32H69P.C11H13NO4/c1-5-9-13-17-18-19-20-21-22-23-24-28-32-33(29-25-14-10-6-2,30-26-15-11-7-3)31-27-16-12-8-4;1-14-9-4-2-3-5-10(9)15-7-8-6-12-11(13)16-8/h33H,5-32H2,1-4H3;2-5,8H,6-7H2,1H3,(H,12,13). The number of ether oxygens (including phenoxy) is 3. The number of unbranched alkanes of at least 4 members (excludes halogenated alkanes) is 20. The number of rotatable bonds is 32. The molecule has 0 bridgehead atoms. The minimum Gasteiger partial charge on any atom is -0.493 e. The van der Waals surface area contributed by atoms with Gasteiger partial charge >= 0.3 is 206 Å². The van der Waals surface area contributed by atoms with Crippen LogP contribution in [-0.2, 0) is 4.74 Å². The fourth-order valence-electron chi connectivity index (χ4n) is 7.32. The Balaban J connectivity index is 0.000000616. The van der Waals surface area contributed by atoms with E-state index in [2.05, 4.69) is 33.0 Å². The smallest absolute Gasteiger partial charge is 0.407 e. The molecule has 5 nitrogen and oxygen atoms in total. The monoisotopic (exact) mass is 708 g/mol. The Bertz CT molecular complexity index is 850. The minimum atomic E-state index is -1.04. The summed E-state index contributed by atoms with van der Waals surface area (Å²) in [5.74, 6) is 1.31. The number of nitrogens with one attached hydrogen (secondary N) is 1. The van der Waals surface area contributed by atoms with E-state index in [1.807, 2.05) is 24.3 Å². The van der Waals surface area contributed by atoms with E-state index in [1.165, 1.54) is 128 Å². The molecule has 1 aliphatic heterocycles. The molecule has 288 valence electrons. The molecule has 0 radical (unpaired) electrons. The van der Waals surface area contributed by atoms with E-state index in [4.69, 9.17) is 14.2 Å². The van der Waals surface area contributed by atoms with E-state index >= 15 is 0 Å². The van der Waals surface area contributed by atoms with Crippen molar-refractivity contribution in [1.29, 1.82) is 0 Å². The van der Waals surface area contributed by atoms with Gasteiger partial charge < -0.3 is 19.5 Å². The molecule has 1 aromatic carbocycles. The maximum absolute atomic E-state index is 10.8. The van der Waals surface area contributed by atoms with Gasteiger partial charge in [-0.2, -0.15) is 0 Å². The van der Waals surface area contributed by atoms with Gasteiger partial charge in [-0.05, 0) is 12.1 Å². The summed E-state index contributed by atoms with van der Waals surface area (Å²) in [6.07, 6.45) is 41.7. The first-order valence-corrected chi connectivity index (χ1v) is 24.1. The van der Waals surface area contributed by atoms with Gasteiger partial charge in [0.25, 0.3) is 0 Å². The first kappa shape index (κ1) is 45.5. The van der Waals surface area contributed by atoms with Crippen LogP contribution in [0.1, 0.15) is 182 Å². The predicted octanol–water partition coefficient (Wildman–Crippen LogP) is 13.4. The summed E-state index contributed by atoms with van der Waals surface area (Å²) < 4.78 is 15.6. The molecule has 6 heteroatoms. The van der Waals surface area contributed by atoms with Crippen molar-refractivity contribution in [2.45, 2.75) is 188 Å². The third-order valence-corrected chi connectivity index (χ3v) is 16.1. The van der Waals surface area contributed by atoms with Crippen LogP contribution in [-0.4, -0.2) is 57.1 Å². The summed E-state index contributed by atoms with van der Waals surface area (Å²) in [4.78, 5) is 10.8. The molecule has 2 rings (SSSR count). The molecule has 1 saturated heterocycles. The Hall–Kier alpha value is -1.48. The number of methoxy groups -OCH3 is 1. The van der Waals surface area contributed by atoms with Gasteiger partial charge in [-0.1, -0.05) is 25.5 Å². The van der Waals surface area contributed by atoms with Crippen molar-refractivity contribution in [2.24, 2.45) is 0 Å². The third kappa shape index (κ3) is 24.4. The summed E-state index contributed by atoms with van der Waals surface area (Å²) in [5.41, 5.74) is 0. The van der Waals surface area contributed by atoms with Gasteiger partial charge in [-0.25, -0.2) is 4.79 Å². The van der Waals surface area contributed by atoms with Crippen LogP contribution in [0.4, 0.5) is 4.79 Å². The van der Waals surface area contributed by atoms with Gasteiger partial charge in [0.15, 0.2) is 17.6 Å². The molecule has 0 spiro atoms. The average Bonchev–Trinajstić information content (AvgIpc) is 3.55. The Morgan fingerprint density at radius 3 is 1.33 bits per heavy atom. The molecule has 0 saturated carbocycles. The van der Waals surface area contributed by atoms with Crippen molar-refractivity contribution in [3.05, 3.63) is 24.3 Å². The normalized spacial score (nSPS) is 14.6. The van der Waals surface area contributed by atoms with E-state index in [9.17, 15) is 4.79 Å². The topological polar surface area (TPSA) is 56.8 Å². The first-order valence-electron chi connectivity index (χ1n) is 21.2. The molecule has 0 aromatic heterocycles. The van der Waals surface area contributed by atoms with Gasteiger partial charge in [-0.3, -0.25) is 0 Å². The zero-order chi connectivity index (χ0) is 35.7. The fourth-order valence-corrected chi connectivity index (χ4v) is 12.8. The first-order chi connectivity index (χ1) is 24.0. The van der Waals surface area contributed by atoms with Crippen molar-refractivity contribution in [3.8, 4) is 11.5 Å². The zero-order valence-corrected chi connectivity index (χ0v) is 34.2. The molecule has 49 heavy (non-hydrogen) atoms. The van der Waals surface area contributed by atoms with E-state index < -0.39 is 13.4 Å². The van der Waals surface area contributed by atoms with E-state index in [0.717, 1.165) is 0 Å². The summed E-state index contributed by atoms with van der Waals surface area (Å²) in [5, 5.41) is 2.56. The molecule has 1 atom stereocenters. The summed E-state index contributed by atoms with van der Waals surface area (Å²) in [6.45, 7) is 10.2. The van der Waals surface area contributed by atoms with E-state index in [1.54, 1.807) is 57.4 Å². The van der Waals surface area contributed by atoms with Crippen LogP contribution in [0.5, 0.6) is 11.5 Å². The Labute approximate surface area is 305 Å². The SMILES string of the molecule is CCCCCCCCCCCCCC[PH](CCCCCC)(CCCCCC)CCCCCC.COc1ccccc1OCC1CNC(=O)O1. The Morgan fingerprint density at radius 1 is 0.592 bits per heavy atom. The van der Waals surface area contributed by atoms with Crippen LogP contribution in [0.15, 0.2) is 24.3 Å². The molecule has 1 fully saturated rings. The zero-order valence-electron chi connectivity index (χ0n) is 33.2. The Kier molecular flexibility index (Phi) is 30.1. The van der Waals surface area contributed by atoms with Gasteiger partial charge in [-0.15, -0.1) is 0 Å². The number of benzene rings is 1. The van der Waals surface area contributed by atoms with E-state index in [0.29, 0.717) is 24.7 Å². The molecule has 1 aromatic rings. The van der Waals surface area contributed by atoms with Gasteiger partial charge in [0, 0.05) is 0 Å². The summed E-state index contributed by atoms with van der Waals surface area (Å²) >= 11 is 0. The van der Waals surface area contributed by atoms with Crippen molar-refractivity contribution in [3.63, 3.8) is 0 Å². The third-order valence-electron chi connectivity index (χ3n) is 10.5. The van der Waals surface area contributed by atoms with Gasteiger partial charge in [0.2, 0.25) is 0 Å². The molecule has 1 unspecified atom stereocenters. The fraction of sp³-hybridized carbons (Fsp3) is 0.837. The quantitative estimate of drug-likeness (QED) is 0.0598. The number of hydrogen-bond acceptors (Lipinski definition) is 4. The predicted molar refractivity (Wildman–Crippen MR) is 218 cm³/mol. The second kappa shape index (κ2) is 32.4. The Morgan fingerprint density at radius 2 is 0.959 bits per heavy atom. The number of hydrogen-bond donors (Lipinski definition) is 1. The van der Waals surface area contributed by atoms with Crippen molar-refractivity contribution in [2.75, 3.05) is 44.9 Å². The maximum atomic E-state index is 10.8. The van der Waals surface area contributed by atoms with Gasteiger partial charge in [0.1, 0.15) is 6.61 Å². The molecule has 0 aliphatic carbocycles. The van der Waals surface area contributed by atoms with Crippen LogP contribution in [0.2, 0.25) is 0 Å². The number of para-hydroxylation sites is 2. The number of alkyl carbamates (subject to hydrolysis) is 1. The molecular weight excluding hydrogens is 625 g/mol. The molecular formula is C43H82NO4P. The number of carbonyl (C=O) groups is 1. The van der Waals surface area contributed by atoms with Crippen LogP contribution in [0.3, 0.4) is 0 Å². The molecule has 1 N–H and O–H groups in total. The van der Waals surface area contributed by atoms with Crippen LogP contribution in [0.25, 0.3) is 0 Å². The van der Waals surface area contributed by atoms with Crippen molar-refractivity contribution < 1.29 is 19.0 Å². The van der Waals surface area contributed by atoms with Gasteiger partial charge in [0.05, 0.1) is 13.7 Å². The number of carbonyl (C=O) groups excluding carboxylic acids is 1. The van der Waals surface area contributed by atoms with Crippen molar-refractivity contribution in [1.82, 2.24) is 5.32 Å². The van der Waals surface area contributed by atoms with Crippen LogP contribution in [0, 0.1) is 0 Å². The average molecular weight is 708 g/mol. The molecule has 1 heterocycles. The van der Waals surface area contributed by atoms with Crippen molar-refractivity contribution >= 4 is 13.4 Å².